The van der Waals surface area contributed by atoms with Crippen LogP contribution in [0, 0.1) is 6.92 Å². The lowest BCUT2D eigenvalue weighted by Gasteiger charge is -2.26. The number of aryl methyl sites for hydroxylation is 1. The molecule has 0 saturated carbocycles. The number of carbonyl (C=O) groups is 1. The molecular formula is C30H30ClN3O4. The summed E-state index contributed by atoms with van der Waals surface area (Å²) in [4.78, 5) is 15.6. The first-order chi connectivity index (χ1) is 18.5. The third-order valence-electron chi connectivity index (χ3n) is 6.59. The van der Waals surface area contributed by atoms with Gasteiger partial charge in [0.15, 0.2) is 11.5 Å². The predicted octanol–water partition coefficient (Wildman–Crippen LogP) is 6.46. The largest absolute Gasteiger partial charge is 0.493 e. The third kappa shape index (κ3) is 5.69. The number of nitrogens with zero attached hydrogens (tertiary/aromatic N) is 3. The van der Waals surface area contributed by atoms with Gasteiger partial charge in [-0.15, -0.1) is 0 Å². The molecule has 1 amide bonds. The molecule has 3 aromatic carbocycles. The van der Waals surface area contributed by atoms with Crippen LogP contribution in [0.25, 0.3) is 5.69 Å². The first kappa shape index (κ1) is 25.8. The van der Waals surface area contributed by atoms with Gasteiger partial charge in [-0.25, -0.2) is 4.68 Å². The van der Waals surface area contributed by atoms with Gasteiger partial charge < -0.3 is 19.1 Å². The highest BCUT2D eigenvalue weighted by Crippen LogP contribution is 2.36. The topological polar surface area (TPSA) is 65.8 Å². The molecule has 0 spiro atoms. The zero-order chi connectivity index (χ0) is 26.5. The van der Waals surface area contributed by atoms with E-state index in [1.807, 2.05) is 66.4 Å². The Kier molecular flexibility index (Phi) is 7.96. The van der Waals surface area contributed by atoms with Gasteiger partial charge in [0.25, 0.3) is 5.91 Å². The molecule has 7 nitrogen and oxygen atoms in total. The maximum atomic E-state index is 13.7. The number of benzene rings is 3. The van der Waals surface area contributed by atoms with Crippen LogP contribution in [0.4, 0.5) is 0 Å². The summed E-state index contributed by atoms with van der Waals surface area (Å²) in [6.45, 7) is 3.40. The normalized spacial score (nSPS) is 14.9. The predicted molar refractivity (Wildman–Crippen MR) is 147 cm³/mol. The van der Waals surface area contributed by atoms with Crippen LogP contribution in [0.1, 0.15) is 34.5 Å². The molecule has 1 aliphatic heterocycles. The van der Waals surface area contributed by atoms with Crippen molar-refractivity contribution in [2.45, 2.75) is 32.4 Å². The fourth-order valence-corrected chi connectivity index (χ4v) is 4.72. The van der Waals surface area contributed by atoms with Crippen LogP contribution in [0.3, 0.4) is 0 Å². The number of methoxy groups -OCH3 is 1. The van der Waals surface area contributed by atoms with Gasteiger partial charge in [-0.3, -0.25) is 4.79 Å². The quantitative estimate of drug-likeness (QED) is 0.248. The minimum absolute atomic E-state index is 0.0192. The highest BCUT2D eigenvalue weighted by Gasteiger charge is 2.28. The van der Waals surface area contributed by atoms with E-state index in [0.717, 1.165) is 29.8 Å². The molecule has 0 radical (unpaired) electrons. The van der Waals surface area contributed by atoms with Gasteiger partial charge in [0.2, 0.25) is 5.88 Å². The number of aromatic nitrogens is 2. The Labute approximate surface area is 227 Å². The van der Waals surface area contributed by atoms with Gasteiger partial charge in [-0.05, 0) is 68.3 Å². The number of hydrogen-bond acceptors (Lipinski definition) is 5. The second kappa shape index (κ2) is 11.7. The Morgan fingerprint density at radius 3 is 2.45 bits per heavy atom. The zero-order valence-corrected chi connectivity index (χ0v) is 22.2. The van der Waals surface area contributed by atoms with E-state index in [4.69, 9.17) is 30.9 Å². The van der Waals surface area contributed by atoms with Crippen LogP contribution < -0.4 is 9.47 Å². The van der Waals surface area contributed by atoms with Crippen LogP contribution in [0.5, 0.6) is 17.4 Å². The Morgan fingerprint density at radius 2 is 1.76 bits per heavy atom. The van der Waals surface area contributed by atoms with Gasteiger partial charge in [0, 0.05) is 23.7 Å². The number of halogens is 1. The van der Waals surface area contributed by atoms with Gasteiger partial charge in [0.1, 0.15) is 0 Å². The van der Waals surface area contributed by atoms with Crippen molar-refractivity contribution in [3.63, 3.8) is 0 Å². The second-order valence-corrected chi connectivity index (χ2v) is 9.63. The maximum absolute atomic E-state index is 13.7. The summed E-state index contributed by atoms with van der Waals surface area (Å²) in [6, 6.07) is 24.2. The standard InChI is InChI=1S/C30H30ClN3O4/c1-21-26(20-33(19-25-11-8-18-37-25)29(35)22-14-16-23(31)17-15-22)30(34(32-21)24-9-4-3-5-10-24)38-28-13-7-6-12-27(28)36-2/h3-7,9-10,12-17,25H,8,11,18-20H2,1-2H3. The molecule has 8 heteroatoms. The van der Waals surface area contributed by atoms with Crippen LogP contribution in [-0.2, 0) is 11.3 Å². The Hall–Kier alpha value is -3.81. The lowest BCUT2D eigenvalue weighted by molar-refractivity contribution is 0.0505. The van der Waals surface area contributed by atoms with Crippen molar-refractivity contribution in [3.05, 3.63) is 101 Å². The summed E-state index contributed by atoms with van der Waals surface area (Å²) >= 11 is 6.08. The third-order valence-corrected chi connectivity index (χ3v) is 6.84. The molecule has 4 aromatic rings. The van der Waals surface area contributed by atoms with Crippen LogP contribution >= 0.6 is 11.6 Å². The molecule has 1 aliphatic rings. The summed E-state index contributed by atoms with van der Waals surface area (Å²) < 4.78 is 19.7. The van der Waals surface area contributed by atoms with E-state index in [0.29, 0.717) is 47.7 Å². The van der Waals surface area contributed by atoms with E-state index < -0.39 is 0 Å². The highest BCUT2D eigenvalue weighted by molar-refractivity contribution is 6.30. The number of rotatable bonds is 9. The van der Waals surface area contributed by atoms with Crippen molar-refractivity contribution in [1.29, 1.82) is 0 Å². The van der Waals surface area contributed by atoms with Crippen LogP contribution in [-0.4, -0.2) is 47.0 Å². The fourth-order valence-electron chi connectivity index (χ4n) is 4.60. The first-order valence-corrected chi connectivity index (χ1v) is 13.0. The van der Waals surface area contributed by atoms with E-state index in [9.17, 15) is 4.79 Å². The van der Waals surface area contributed by atoms with Gasteiger partial charge in [0.05, 0.1) is 36.7 Å². The number of ether oxygens (including phenoxy) is 3. The van der Waals surface area contributed by atoms with E-state index >= 15 is 0 Å². The summed E-state index contributed by atoms with van der Waals surface area (Å²) in [5, 5.41) is 5.41. The molecule has 1 saturated heterocycles. The molecule has 0 bridgehead atoms. The van der Waals surface area contributed by atoms with E-state index in [2.05, 4.69) is 0 Å². The smallest absolute Gasteiger partial charge is 0.254 e. The summed E-state index contributed by atoms with van der Waals surface area (Å²) in [5.74, 6) is 1.58. The zero-order valence-electron chi connectivity index (χ0n) is 21.5. The molecule has 5 rings (SSSR count). The Bertz CT molecular complexity index is 1380. The van der Waals surface area contributed by atoms with Gasteiger partial charge >= 0.3 is 0 Å². The maximum Gasteiger partial charge on any atom is 0.254 e. The van der Waals surface area contributed by atoms with Crippen molar-refractivity contribution in [2.24, 2.45) is 0 Å². The molecule has 2 heterocycles. The minimum Gasteiger partial charge on any atom is -0.493 e. The SMILES string of the molecule is COc1ccccc1Oc1c(CN(CC2CCCO2)C(=O)c2ccc(Cl)cc2)c(C)nn1-c1ccccc1. The van der Waals surface area contributed by atoms with Crippen molar-refractivity contribution >= 4 is 17.5 Å². The summed E-state index contributed by atoms with van der Waals surface area (Å²) in [7, 11) is 1.61. The molecule has 1 atom stereocenters. The molecule has 0 aliphatic carbocycles. The average molecular weight is 532 g/mol. The first-order valence-electron chi connectivity index (χ1n) is 12.6. The number of para-hydroxylation sites is 3. The highest BCUT2D eigenvalue weighted by atomic mass is 35.5. The monoisotopic (exact) mass is 531 g/mol. The van der Waals surface area contributed by atoms with E-state index in [1.54, 1.807) is 36.1 Å². The van der Waals surface area contributed by atoms with Crippen molar-refractivity contribution in [2.75, 3.05) is 20.3 Å². The van der Waals surface area contributed by atoms with Crippen molar-refractivity contribution in [3.8, 4) is 23.1 Å². The molecule has 1 fully saturated rings. The molecule has 1 unspecified atom stereocenters. The lowest BCUT2D eigenvalue weighted by Crippen LogP contribution is -2.37. The van der Waals surface area contributed by atoms with Gasteiger partial charge in [-0.1, -0.05) is 41.9 Å². The number of amides is 1. The van der Waals surface area contributed by atoms with Crippen molar-refractivity contribution in [1.82, 2.24) is 14.7 Å². The molecule has 0 N–H and O–H groups in total. The Morgan fingerprint density at radius 1 is 1.05 bits per heavy atom. The van der Waals surface area contributed by atoms with Crippen LogP contribution in [0.2, 0.25) is 5.02 Å². The summed E-state index contributed by atoms with van der Waals surface area (Å²) in [5.41, 5.74) is 2.98. The molecule has 38 heavy (non-hydrogen) atoms. The van der Waals surface area contributed by atoms with Gasteiger partial charge in [-0.2, -0.15) is 5.10 Å². The Balaban J connectivity index is 1.56. The van der Waals surface area contributed by atoms with Crippen molar-refractivity contribution < 1.29 is 19.0 Å². The second-order valence-electron chi connectivity index (χ2n) is 9.20. The molecule has 1 aromatic heterocycles. The molecular weight excluding hydrogens is 502 g/mol. The molecule has 196 valence electrons. The number of carbonyl (C=O) groups excluding carboxylic acids is 1. The van der Waals surface area contributed by atoms with E-state index in [-0.39, 0.29) is 12.0 Å². The lowest BCUT2D eigenvalue weighted by atomic mass is 10.1. The number of hydrogen-bond donors (Lipinski definition) is 0. The fraction of sp³-hybridized carbons (Fsp3) is 0.267. The average Bonchev–Trinajstić information content (AvgIpc) is 3.57. The van der Waals surface area contributed by atoms with Crippen LogP contribution in [0.15, 0.2) is 78.9 Å². The summed E-state index contributed by atoms with van der Waals surface area (Å²) in [6.07, 6.45) is 1.88. The minimum atomic E-state index is -0.104. The van der Waals surface area contributed by atoms with E-state index in [1.165, 1.54) is 0 Å².